The quantitative estimate of drug-likeness (QED) is 0.168. The third kappa shape index (κ3) is 7.92. The summed E-state index contributed by atoms with van der Waals surface area (Å²) in [6.45, 7) is 12.0. The fraction of sp³-hybridized carbons (Fsp3) is 0.432. The summed E-state index contributed by atoms with van der Waals surface area (Å²) >= 11 is 0. The first kappa shape index (κ1) is 30.5. The summed E-state index contributed by atoms with van der Waals surface area (Å²) in [5.41, 5.74) is 6.81. The van der Waals surface area contributed by atoms with Gasteiger partial charge in [-0.05, 0) is 90.8 Å². The zero-order valence-corrected chi connectivity index (χ0v) is 26.4. The van der Waals surface area contributed by atoms with Crippen LogP contribution < -0.4 is 10.4 Å². The molecule has 1 saturated carbocycles. The molecule has 226 valence electrons. The Morgan fingerprint density at radius 1 is 0.953 bits per heavy atom. The van der Waals surface area contributed by atoms with Crippen LogP contribution in [0.4, 0.5) is 0 Å². The van der Waals surface area contributed by atoms with Crippen LogP contribution in [-0.2, 0) is 42.6 Å². The zero-order chi connectivity index (χ0) is 30.6. The molecule has 1 fully saturated rings. The molecule has 1 heterocycles. The maximum absolute atomic E-state index is 13.1. The number of hydrogen-bond acceptors (Lipinski definition) is 4. The van der Waals surface area contributed by atoms with E-state index in [2.05, 4.69) is 81.4 Å². The van der Waals surface area contributed by atoms with Crippen molar-refractivity contribution in [3.63, 3.8) is 0 Å². The Morgan fingerprint density at radius 3 is 2.37 bits per heavy atom. The van der Waals surface area contributed by atoms with Crippen LogP contribution in [0.15, 0.2) is 71.5 Å². The number of carbonyl (C=O) groups is 1. The Balaban J connectivity index is 1.25. The SMILES string of the molecule is CCn1c(CCCc2cccc(-c3ccc(OCC4CC4)c(CC(C)=O)c3)c2)nn(Cc2ccc(C(C)(C)C)cc2)c1=O. The second-order valence-corrected chi connectivity index (χ2v) is 13.1. The second-order valence-electron chi connectivity index (χ2n) is 13.1. The van der Waals surface area contributed by atoms with Crippen LogP contribution in [0.2, 0.25) is 0 Å². The molecule has 43 heavy (non-hydrogen) atoms. The topological polar surface area (TPSA) is 66.1 Å². The van der Waals surface area contributed by atoms with Gasteiger partial charge in [-0.3, -0.25) is 9.36 Å². The summed E-state index contributed by atoms with van der Waals surface area (Å²) in [6.07, 6.45) is 5.36. The number of benzene rings is 3. The van der Waals surface area contributed by atoms with Gasteiger partial charge in [0.1, 0.15) is 17.4 Å². The van der Waals surface area contributed by atoms with Crippen LogP contribution in [-0.4, -0.2) is 26.7 Å². The van der Waals surface area contributed by atoms with E-state index in [1.807, 2.05) is 13.0 Å². The Hall–Kier alpha value is -3.93. The summed E-state index contributed by atoms with van der Waals surface area (Å²) in [5, 5.41) is 4.74. The van der Waals surface area contributed by atoms with Crippen molar-refractivity contribution in [1.82, 2.24) is 14.3 Å². The normalized spacial score (nSPS) is 13.3. The van der Waals surface area contributed by atoms with Crippen LogP contribution in [0.3, 0.4) is 0 Å². The van der Waals surface area contributed by atoms with Gasteiger partial charge in [0.05, 0.1) is 13.2 Å². The Morgan fingerprint density at radius 2 is 1.70 bits per heavy atom. The number of ketones is 1. The minimum Gasteiger partial charge on any atom is -0.493 e. The molecular formula is C37H45N3O3. The van der Waals surface area contributed by atoms with E-state index >= 15 is 0 Å². The molecule has 0 radical (unpaired) electrons. The maximum Gasteiger partial charge on any atom is 0.346 e. The van der Waals surface area contributed by atoms with Crippen molar-refractivity contribution >= 4 is 5.78 Å². The van der Waals surface area contributed by atoms with Crippen molar-refractivity contribution in [2.75, 3.05) is 6.61 Å². The van der Waals surface area contributed by atoms with E-state index < -0.39 is 0 Å². The van der Waals surface area contributed by atoms with Crippen LogP contribution in [0.1, 0.15) is 82.0 Å². The second kappa shape index (κ2) is 13.2. The van der Waals surface area contributed by atoms with Gasteiger partial charge in [-0.1, -0.05) is 75.4 Å². The molecule has 4 aromatic rings. The average Bonchev–Trinajstić information content (AvgIpc) is 3.75. The summed E-state index contributed by atoms with van der Waals surface area (Å²) in [7, 11) is 0. The number of carbonyl (C=O) groups excluding carboxylic acids is 1. The van der Waals surface area contributed by atoms with Crippen molar-refractivity contribution in [3.05, 3.63) is 105 Å². The van der Waals surface area contributed by atoms with Gasteiger partial charge >= 0.3 is 5.69 Å². The van der Waals surface area contributed by atoms with Crippen molar-refractivity contribution < 1.29 is 9.53 Å². The van der Waals surface area contributed by atoms with Gasteiger partial charge in [-0.15, -0.1) is 0 Å². The predicted molar refractivity (Wildman–Crippen MR) is 173 cm³/mol. The highest BCUT2D eigenvalue weighted by Crippen LogP contribution is 2.32. The first-order chi connectivity index (χ1) is 20.6. The van der Waals surface area contributed by atoms with Crippen LogP contribution in [0.25, 0.3) is 11.1 Å². The molecule has 6 nitrogen and oxygen atoms in total. The molecule has 6 heteroatoms. The number of aromatic nitrogens is 3. The van der Waals surface area contributed by atoms with Crippen LogP contribution in [0.5, 0.6) is 5.75 Å². The van der Waals surface area contributed by atoms with Gasteiger partial charge in [0.25, 0.3) is 0 Å². The van der Waals surface area contributed by atoms with Crippen LogP contribution in [0, 0.1) is 5.92 Å². The lowest BCUT2D eigenvalue weighted by Crippen LogP contribution is -2.25. The number of nitrogens with zero attached hydrogens (tertiary/aromatic N) is 3. The molecule has 0 bridgehead atoms. The fourth-order valence-corrected chi connectivity index (χ4v) is 5.53. The molecule has 0 N–H and O–H groups in total. The lowest BCUT2D eigenvalue weighted by molar-refractivity contribution is -0.116. The number of Topliss-reactive ketones (excluding diaryl/α,β-unsaturated/α-hetero) is 1. The highest BCUT2D eigenvalue weighted by atomic mass is 16.5. The standard InChI is InChI=1S/C37H45N3O3/c1-6-39-35(38-40(36(39)42)24-28-15-18-33(19-16-28)37(3,4)5)12-8-10-27-9-7-11-30(22-27)31-17-20-34(43-25-29-13-14-29)32(23-31)21-26(2)41/h7,9,11,15-20,22-23,29H,6,8,10,12-14,21,24-25H2,1-5H3. The summed E-state index contributed by atoms with van der Waals surface area (Å²) in [4.78, 5) is 25.1. The van der Waals surface area contributed by atoms with E-state index in [1.165, 1.54) is 24.0 Å². The molecule has 0 unspecified atom stereocenters. The molecule has 1 aliphatic carbocycles. The molecule has 0 amide bonds. The third-order valence-corrected chi connectivity index (χ3v) is 8.27. The molecule has 0 spiro atoms. The van der Waals surface area contributed by atoms with E-state index in [0.717, 1.165) is 59.7 Å². The molecule has 3 aromatic carbocycles. The predicted octanol–water partition coefficient (Wildman–Crippen LogP) is 7.17. The first-order valence-electron chi connectivity index (χ1n) is 15.7. The summed E-state index contributed by atoms with van der Waals surface area (Å²) in [6, 6.07) is 23.3. The average molecular weight is 580 g/mol. The number of ether oxygens (including phenoxy) is 1. The van der Waals surface area contributed by atoms with Crippen molar-refractivity contribution in [1.29, 1.82) is 0 Å². The molecule has 5 rings (SSSR count). The fourth-order valence-electron chi connectivity index (χ4n) is 5.53. The van der Waals surface area contributed by atoms with Crippen molar-refractivity contribution in [2.24, 2.45) is 5.92 Å². The van der Waals surface area contributed by atoms with E-state index in [9.17, 15) is 9.59 Å². The monoisotopic (exact) mass is 579 g/mol. The van der Waals surface area contributed by atoms with Gasteiger partial charge in [-0.2, -0.15) is 5.10 Å². The first-order valence-corrected chi connectivity index (χ1v) is 15.7. The Kier molecular flexibility index (Phi) is 9.34. The van der Waals surface area contributed by atoms with Gasteiger partial charge in [-0.25, -0.2) is 9.48 Å². The largest absolute Gasteiger partial charge is 0.493 e. The van der Waals surface area contributed by atoms with Crippen LogP contribution >= 0.6 is 0 Å². The molecule has 1 aliphatic rings. The van der Waals surface area contributed by atoms with Gasteiger partial charge in [0.2, 0.25) is 0 Å². The summed E-state index contributed by atoms with van der Waals surface area (Å²) < 4.78 is 9.46. The Labute approximate surface area is 255 Å². The van der Waals surface area contributed by atoms with E-state index in [0.29, 0.717) is 25.4 Å². The minimum atomic E-state index is -0.0506. The van der Waals surface area contributed by atoms with Gasteiger partial charge in [0, 0.05) is 24.9 Å². The lowest BCUT2D eigenvalue weighted by Gasteiger charge is -2.19. The number of aryl methyl sites for hydroxylation is 2. The van der Waals surface area contributed by atoms with Crippen molar-refractivity contribution in [3.8, 4) is 16.9 Å². The number of hydrogen-bond donors (Lipinski definition) is 0. The highest BCUT2D eigenvalue weighted by molar-refractivity contribution is 5.80. The van der Waals surface area contributed by atoms with Gasteiger partial charge in [0.15, 0.2) is 0 Å². The minimum absolute atomic E-state index is 0.0506. The van der Waals surface area contributed by atoms with E-state index in [1.54, 1.807) is 16.2 Å². The lowest BCUT2D eigenvalue weighted by atomic mass is 9.87. The molecule has 0 saturated heterocycles. The summed E-state index contributed by atoms with van der Waals surface area (Å²) in [5.74, 6) is 2.46. The van der Waals surface area contributed by atoms with E-state index in [-0.39, 0.29) is 16.9 Å². The third-order valence-electron chi connectivity index (χ3n) is 8.27. The molecule has 0 aliphatic heterocycles. The van der Waals surface area contributed by atoms with Gasteiger partial charge < -0.3 is 4.74 Å². The van der Waals surface area contributed by atoms with Crippen molar-refractivity contribution in [2.45, 2.75) is 91.6 Å². The van der Waals surface area contributed by atoms with E-state index in [4.69, 9.17) is 9.84 Å². The molecule has 1 aromatic heterocycles. The number of rotatable bonds is 13. The molecule has 0 atom stereocenters. The molecular weight excluding hydrogens is 534 g/mol. The smallest absolute Gasteiger partial charge is 0.346 e. The Bertz CT molecular complexity index is 1620. The zero-order valence-electron chi connectivity index (χ0n) is 26.4. The highest BCUT2D eigenvalue weighted by Gasteiger charge is 2.22. The maximum atomic E-state index is 13.1.